The normalized spacial score (nSPS) is 58.0. The molecular weight excluding hydrogens is 868 g/mol. The molecule has 4 heterocycles. The maximum absolute atomic E-state index is 11.4. The summed E-state index contributed by atoms with van der Waals surface area (Å²) in [6.07, 6.45) is -17.0. The molecule has 26 atom stereocenters. The van der Waals surface area contributed by atoms with Crippen LogP contribution in [-0.4, -0.2) is 203 Å². The number of ether oxygens (including phenoxy) is 7. The first-order valence-electron chi connectivity index (χ1n) is 24.4. The van der Waals surface area contributed by atoms with Gasteiger partial charge in [0.25, 0.3) is 0 Å². The summed E-state index contributed by atoms with van der Waals surface area (Å²) in [5, 5.41) is 129. The van der Waals surface area contributed by atoms with Gasteiger partial charge in [-0.15, -0.1) is 0 Å². The van der Waals surface area contributed by atoms with Crippen molar-refractivity contribution in [2.24, 2.45) is 44.8 Å². The van der Waals surface area contributed by atoms with E-state index in [4.69, 9.17) is 33.2 Å². The minimum atomic E-state index is -1.67. The molecule has 0 bridgehead atoms. The summed E-state index contributed by atoms with van der Waals surface area (Å²) in [5.74, 6) is -0.678. The first-order chi connectivity index (χ1) is 30.7. The molecule has 9 aliphatic rings. The highest BCUT2D eigenvalue weighted by Gasteiger charge is 2.85. The Labute approximate surface area is 386 Å². The molecule has 0 aromatic rings. The summed E-state index contributed by atoms with van der Waals surface area (Å²) in [7, 11) is 0. The van der Waals surface area contributed by atoms with Crippen LogP contribution in [-0.2, 0) is 33.2 Å². The molecular formula is C47H78O19. The Hall–Kier alpha value is -0.760. The van der Waals surface area contributed by atoms with Crippen LogP contribution in [0.15, 0.2) is 0 Å². The second-order valence-electron chi connectivity index (χ2n) is 23.9. The Kier molecular flexibility index (Phi) is 12.9. The van der Waals surface area contributed by atoms with E-state index in [2.05, 4.69) is 34.6 Å². The molecule has 9 rings (SSSR count). The topological polar surface area (TPSA) is 307 Å². The number of hydrogen-bond donors (Lipinski definition) is 12. The van der Waals surface area contributed by atoms with Gasteiger partial charge in [0.1, 0.15) is 67.1 Å². The van der Waals surface area contributed by atoms with Gasteiger partial charge in [-0.05, 0) is 117 Å². The van der Waals surface area contributed by atoms with Gasteiger partial charge in [0.15, 0.2) is 18.9 Å². The highest BCUT2D eigenvalue weighted by atomic mass is 16.7. The molecule has 0 amide bonds. The fraction of sp³-hybridized carbons (Fsp3) is 1.00. The second-order valence-corrected chi connectivity index (χ2v) is 23.9. The Bertz CT molecular complexity index is 1760. The van der Waals surface area contributed by atoms with Crippen LogP contribution in [0.2, 0.25) is 0 Å². The summed E-state index contributed by atoms with van der Waals surface area (Å²) in [4.78, 5) is 0. The molecule has 19 nitrogen and oxygen atoms in total. The largest absolute Gasteiger partial charge is 0.394 e. The van der Waals surface area contributed by atoms with Crippen molar-refractivity contribution in [3.8, 4) is 0 Å². The number of fused-ring (bicyclic) bond motifs is 2. The van der Waals surface area contributed by atoms with Gasteiger partial charge in [-0.2, -0.15) is 0 Å². The maximum Gasteiger partial charge on any atom is 0.186 e. The monoisotopic (exact) mass is 947 g/mol. The second kappa shape index (κ2) is 16.9. The molecule has 0 aromatic carbocycles. The zero-order chi connectivity index (χ0) is 48.1. The standard InChI is InChI=1S/C47H78O19/c1-41(2)26(65-38-33(56)28(51)20(50)18-60-38)9-11-47-19-46(47)13-12-43(5)37(45(7)10-8-27(66-45)42(3,4)59)22(62-40-35(58)32(55)30(53)24(17-49)64-40)15-44(43,6)25(46)14-21(36(41)47)61-39-34(57)31(54)29(52)23(16-48)63-39/h20-40,48-59H,8-19H2,1-7H3/t20-,21+,22+,23-,24-,25+,26+,27+,28+,29-,30-,31+,32+,33-,34-,35-,36?,37+,38+,39-,40-,43-,44+,45-,46+,47-/m1/s1. The molecule has 9 fully saturated rings. The van der Waals surface area contributed by atoms with E-state index in [9.17, 15) is 61.3 Å². The molecule has 19 heteroatoms. The maximum atomic E-state index is 11.4. The van der Waals surface area contributed by atoms with Gasteiger partial charge in [0.05, 0.1) is 55.4 Å². The van der Waals surface area contributed by atoms with Crippen molar-refractivity contribution in [1.82, 2.24) is 0 Å². The highest BCUT2D eigenvalue weighted by molar-refractivity contribution is 5.33. The van der Waals surface area contributed by atoms with Gasteiger partial charge < -0.3 is 94.4 Å². The third-order valence-electron chi connectivity index (χ3n) is 19.8. The van der Waals surface area contributed by atoms with Crippen molar-refractivity contribution in [2.45, 2.75) is 228 Å². The van der Waals surface area contributed by atoms with Gasteiger partial charge in [0.2, 0.25) is 0 Å². The number of aliphatic hydroxyl groups excluding tert-OH is 11. The smallest absolute Gasteiger partial charge is 0.186 e. The van der Waals surface area contributed by atoms with Crippen LogP contribution in [0.5, 0.6) is 0 Å². The van der Waals surface area contributed by atoms with Crippen LogP contribution in [0.4, 0.5) is 0 Å². The van der Waals surface area contributed by atoms with E-state index in [1.807, 2.05) is 0 Å². The van der Waals surface area contributed by atoms with Crippen molar-refractivity contribution >= 4 is 0 Å². The van der Waals surface area contributed by atoms with Gasteiger partial charge in [-0.1, -0.05) is 27.7 Å². The molecule has 4 saturated heterocycles. The molecule has 2 spiro atoms. The van der Waals surface area contributed by atoms with Crippen molar-refractivity contribution < 1.29 is 94.4 Å². The van der Waals surface area contributed by atoms with E-state index in [0.717, 1.165) is 19.3 Å². The fourth-order valence-electron chi connectivity index (χ4n) is 16.3. The lowest BCUT2D eigenvalue weighted by Gasteiger charge is -2.65. The molecule has 66 heavy (non-hydrogen) atoms. The Morgan fingerprint density at radius 1 is 0.591 bits per heavy atom. The fourth-order valence-corrected chi connectivity index (χ4v) is 16.3. The van der Waals surface area contributed by atoms with E-state index in [1.54, 1.807) is 13.8 Å². The van der Waals surface area contributed by atoms with E-state index in [0.29, 0.717) is 38.5 Å². The Morgan fingerprint density at radius 2 is 1.17 bits per heavy atom. The summed E-state index contributed by atoms with van der Waals surface area (Å²) >= 11 is 0. The lowest BCUT2D eigenvalue weighted by molar-refractivity contribution is -0.339. The molecule has 5 aliphatic carbocycles. The number of aliphatic hydroxyl groups is 12. The van der Waals surface area contributed by atoms with E-state index in [1.165, 1.54) is 0 Å². The van der Waals surface area contributed by atoms with Gasteiger partial charge in [-0.3, -0.25) is 0 Å². The zero-order valence-corrected chi connectivity index (χ0v) is 39.3. The van der Waals surface area contributed by atoms with Crippen LogP contribution in [0.3, 0.4) is 0 Å². The van der Waals surface area contributed by atoms with Crippen LogP contribution in [0.1, 0.15) is 106 Å². The molecule has 0 radical (unpaired) electrons. The third kappa shape index (κ3) is 7.30. The first kappa shape index (κ1) is 50.2. The van der Waals surface area contributed by atoms with E-state index < -0.39 is 151 Å². The molecule has 12 N–H and O–H groups in total. The lowest BCUT2D eigenvalue weighted by atomic mass is 9.41. The van der Waals surface area contributed by atoms with Crippen LogP contribution >= 0.6 is 0 Å². The predicted octanol–water partition coefficient (Wildman–Crippen LogP) is -1.45. The third-order valence-corrected chi connectivity index (χ3v) is 19.8. The molecule has 380 valence electrons. The van der Waals surface area contributed by atoms with Crippen molar-refractivity contribution in [3.63, 3.8) is 0 Å². The minimum absolute atomic E-state index is 0.0655. The van der Waals surface area contributed by atoms with Crippen molar-refractivity contribution in [2.75, 3.05) is 19.8 Å². The zero-order valence-electron chi connectivity index (χ0n) is 39.3. The molecule has 0 aromatic heterocycles. The average Bonchev–Trinajstić information content (AvgIpc) is 3.60. The van der Waals surface area contributed by atoms with Gasteiger partial charge >= 0.3 is 0 Å². The van der Waals surface area contributed by atoms with E-state index >= 15 is 0 Å². The minimum Gasteiger partial charge on any atom is -0.394 e. The van der Waals surface area contributed by atoms with Gasteiger partial charge in [0, 0.05) is 5.92 Å². The molecule has 4 aliphatic heterocycles. The predicted molar refractivity (Wildman–Crippen MR) is 226 cm³/mol. The van der Waals surface area contributed by atoms with Crippen LogP contribution < -0.4 is 0 Å². The van der Waals surface area contributed by atoms with Crippen molar-refractivity contribution in [1.29, 1.82) is 0 Å². The SMILES string of the molecule is CC(C)(O)[C@@H]1CC[C@](C)([C@H]2[C@@H](O[C@@H]3O[C@H](CO)[C@@H](O)[C@H](O)[C@H]3O)C[C@@]3(C)[C@@H]4C[C@H](O[C@@H]5O[C@H](CO)[C@@H](O)[C@H](O)[C@H]5O)C5C(C)(C)[C@@H](O[C@@H]6OC[C@@H](O)[C@H](O)[C@H]6O)CC[C@@]56C[C@@]46CC[C@]23C)O1. The van der Waals surface area contributed by atoms with Crippen LogP contribution in [0.25, 0.3) is 0 Å². The van der Waals surface area contributed by atoms with Gasteiger partial charge in [-0.25, -0.2) is 0 Å². The average molecular weight is 947 g/mol. The molecule has 1 unspecified atom stereocenters. The Morgan fingerprint density at radius 3 is 1.73 bits per heavy atom. The number of rotatable bonds is 10. The summed E-state index contributed by atoms with van der Waals surface area (Å²) in [6, 6.07) is 0. The van der Waals surface area contributed by atoms with Crippen LogP contribution in [0, 0.1) is 44.8 Å². The summed E-state index contributed by atoms with van der Waals surface area (Å²) in [6.45, 7) is 12.8. The van der Waals surface area contributed by atoms with E-state index in [-0.39, 0.29) is 35.2 Å². The van der Waals surface area contributed by atoms with Crippen molar-refractivity contribution in [3.05, 3.63) is 0 Å². The first-order valence-corrected chi connectivity index (χ1v) is 24.4. The quantitative estimate of drug-likeness (QED) is 0.112. The number of hydrogen-bond acceptors (Lipinski definition) is 19. The summed E-state index contributed by atoms with van der Waals surface area (Å²) < 4.78 is 45.2. The highest BCUT2D eigenvalue weighted by Crippen LogP contribution is 2.89. The molecule has 5 saturated carbocycles. The lowest BCUT2D eigenvalue weighted by Crippen LogP contribution is -2.65. The Balaban J connectivity index is 1.10. The summed E-state index contributed by atoms with van der Waals surface area (Å²) in [5.41, 5.74) is -4.32.